The first-order valence-electron chi connectivity index (χ1n) is 8.66. The number of rotatable bonds is 5. The van der Waals surface area contributed by atoms with Gasteiger partial charge in [0.25, 0.3) is 0 Å². The Labute approximate surface area is 162 Å². The number of allylic oxidation sites excluding steroid dienone is 1. The minimum Gasteiger partial charge on any atom is -0.478 e. The minimum atomic E-state index is -1.02. The van der Waals surface area contributed by atoms with Crippen molar-refractivity contribution in [2.45, 2.75) is 19.5 Å². The van der Waals surface area contributed by atoms with Crippen LogP contribution < -0.4 is 5.32 Å². The van der Waals surface area contributed by atoms with Gasteiger partial charge in [0.15, 0.2) is 0 Å². The van der Waals surface area contributed by atoms with Crippen molar-refractivity contribution in [2.24, 2.45) is 0 Å². The number of carboxylic acid groups (broad SMARTS) is 1. The molecule has 2 aromatic rings. The molecule has 144 valence electrons. The number of nitrogens with zero attached hydrogens (tertiary/aromatic N) is 1. The van der Waals surface area contributed by atoms with Crippen LogP contribution in [-0.4, -0.2) is 35.1 Å². The van der Waals surface area contributed by atoms with E-state index in [0.29, 0.717) is 11.3 Å². The smallest absolute Gasteiger partial charge is 0.337 e. The van der Waals surface area contributed by atoms with E-state index in [2.05, 4.69) is 5.32 Å². The van der Waals surface area contributed by atoms with Crippen LogP contribution in [0.3, 0.4) is 0 Å². The Hall–Kier alpha value is -3.61. The standard InChI is InChI=1S/C21H20N2O5/c1-13-17(20(26)28-2)18(15-6-4-3-5-7-15)22-21(27)23(13)12-14-8-10-16(11-9-14)19(24)25/h3-11,18H,12H2,1-2H3,(H,22,27)(H,24,25). The van der Waals surface area contributed by atoms with Crippen molar-refractivity contribution >= 4 is 18.0 Å². The van der Waals surface area contributed by atoms with Gasteiger partial charge in [-0.05, 0) is 30.2 Å². The van der Waals surface area contributed by atoms with Gasteiger partial charge in [0.2, 0.25) is 0 Å². The quantitative estimate of drug-likeness (QED) is 0.777. The predicted octanol–water partition coefficient (Wildman–Crippen LogP) is 3.10. The Morgan fingerprint density at radius 3 is 2.32 bits per heavy atom. The molecule has 0 fully saturated rings. The molecule has 1 aliphatic rings. The summed E-state index contributed by atoms with van der Waals surface area (Å²) in [7, 11) is 1.30. The molecule has 2 N–H and O–H groups in total. The van der Waals surface area contributed by atoms with Crippen molar-refractivity contribution in [3.8, 4) is 0 Å². The third-order valence-corrected chi connectivity index (χ3v) is 4.68. The number of carboxylic acids is 1. The normalized spacial score (nSPS) is 16.6. The van der Waals surface area contributed by atoms with Gasteiger partial charge in [-0.2, -0.15) is 0 Å². The van der Waals surface area contributed by atoms with Gasteiger partial charge >= 0.3 is 18.0 Å². The number of esters is 1. The summed E-state index contributed by atoms with van der Waals surface area (Å²) in [5.74, 6) is -1.53. The number of hydrogen-bond donors (Lipinski definition) is 2. The molecule has 7 nitrogen and oxygen atoms in total. The van der Waals surface area contributed by atoms with Crippen LogP contribution >= 0.6 is 0 Å². The molecule has 2 amide bonds. The topological polar surface area (TPSA) is 95.9 Å². The summed E-state index contributed by atoms with van der Waals surface area (Å²) in [6.45, 7) is 1.89. The number of hydrogen-bond acceptors (Lipinski definition) is 4. The summed E-state index contributed by atoms with van der Waals surface area (Å²) in [5, 5.41) is 11.9. The van der Waals surface area contributed by atoms with E-state index in [1.807, 2.05) is 30.3 Å². The van der Waals surface area contributed by atoms with E-state index in [0.717, 1.165) is 11.1 Å². The second-order valence-corrected chi connectivity index (χ2v) is 6.37. The third-order valence-electron chi connectivity index (χ3n) is 4.68. The second-order valence-electron chi connectivity index (χ2n) is 6.37. The maximum atomic E-state index is 12.8. The Balaban J connectivity index is 1.96. The van der Waals surface area contributed by atoms with Crippen LogP contribution in [0.25, 0.3) is 0 Å². The number of ether oxygens (including phenoxy) is 1. The first-order chi connectivity index (χ1) is 13.4. The summed E-state index contributed by atoms with van der Waals surface area (Å²) in [5.41, 5.74) is 2.53. The van der Waals surface area contributed by atoms with E-state index in [4.69, 9.17) is 9.84 Å². The number of carbonyl (C=O) groups excluding carboxylic acids is 2. The van der Waals surface area contributed by atoms with Gasteiger partial charge in [0.1, 0.15) is 0 Å². The molecule has 28 heavy (non-hydrogen) atoms. The first kappa shape index (κ1) is 19.2. The zero-order valence-corrected chi connectivity index (χ0v) is 15.5. The van der Waals surface area contributed by atoms with E-state index >= 15 is 0 Å². The molecule has 1 unspecified atom stereocenters. The average molecular weight is 380 g/mol. The lowest BCUT2D eigenvalue weighted by atomic mass is 9.94. The highest BCUT2D eigenvalue weighted by Crippen LogP contribution is 2.32. The SMILES string of the molecule is COC(=O)C1=C(C)N(Cc2ccc(C(=O)O)cc2)C(=O)NC1c1ccccc1. The molecular weight excluding hydrogens is 360 g/mol. The van der Waals surface area contributed by atoms with Gasteiger partial charge in [0.05, 0.1) is 30.8 Å². The summed E-state index contributed by atoms with van der Waals surface area (Å²) in [6, 6.07) is 14.5. The van der Waals surface area contributed by atoms with Crippen LogP contribution in [0.15, 0.2) is 65.9 Å². The summed E-state index contributed by atoms with van der Waals surface area (Å²) >= 11 is 0. The fourth-order valence-electron chi connectivity index (χ4n) is 3.18. The van der Waals surface area contributed by atoms with E-state index < -0.39 is 18.0 Å². The van der Waals surface area contributed by atoms with Gasteiger partial charge in [-0.1, -0.05) is 42.5 Å². The number of benzene rings is 2. The number of amides is 2. The zero-order valence-electron chi connectivity index (χ0n) is 15.5. The minimum absolute atomic E-state index is 0.165. The van der Waals surface area contributed by atoms with Crippen LogP contribution in [0.5, 0.6) is 0 Å². The van der Waals surface area contributed by atoms with Crippen molar-refractivity contribution in [1.82, 2.24) is 10.2 Å². The summed E-state index contributed by atoms with van der Waals surface area (Å²) in [6.07, 6.45) is 0. The molecule has 7 heteroatoms. The molecule has 0 bridgehead atoms. The highest BCUT2D eigenvalue weighted by Gasteiger charge is 2.36. The maximum Gasteiger partial charge on any atom is 0.337 e. The molecule has 0 saturated carbocycles. The monoisotopic (exact) mass is 380 g/mol. The van der Waals surface area contributed by atoms with E-state index in [-0.39, 0.29) is 18.1 Å². The van der Waals surface area contributed by atoms with Crippen LogP contribution in [0.1, 0.15) is 34.5 Å². The predicted molar refractivity (Wildman–Crippen MR) is 101 cm³/mol. The number of aromatic carboxylic acids is 1. The van der Waals surface area contributed by atoms with E-state index in [1.54, 1.807) is 19.1 Å². The molecule has 0 spiro atoms. The molecule has 1 atom stereocenters. The number of methoxy groups -OCH3 is 1. The van der Waals surface area contributed by atoms with Crippen LogP contribution in [-0.2, 0) is 16.1 Å². The molecule has 0 aliphatic carbocycles. The van der Waals surface area contributed by atoms with Crippen LogP contribution in [0.2, 0.25) is 0 Å². The molecule has 0 radical (unpaired) electrons. The Kier molecular flexibility index (Phi) is 5.44. The zero-order chi connectivity index (χ0) is 20.3. The van der Waals surface area contributed by atoms with Gasteiger partial charge in [-0.3, -0.25) is 4.90 Å². The number of nitrogens with one attached hydrogen (secondary N) is 1. The lowest BCUT2D eigenvalue weighted by Gasteiger charge is -2.35. The Morgan fingerprint density at radius 2 is 1.75 bits per heavy atom. The lowest BCUT2D eigenvalue weighted by molar-refractivity contribution is -0.136. The van der Waals surface area contributed by atoms with Crippen molar-refractivity contribution in [3.05, 3.63) is 82.6 Å². The molecular formula is C21H20N2O5. The van der Waals surface area contributed by atoms with Crippen LogP contribution in [0, 0.1) is 0 Å². The lowest BCUT2D eigenvalue weighted by Crippen LogP contribution is -2.47. The fourth-order valence-corrected chi connectivity index (χ4v) is 3.18. The number of urea groups is 1. The van der Waals surface area contributed by atoms with Crippen LogP contribution in [0.4, 0.5) is 4.79 Å². The third kappa shape index (κ3) is 3.73. The van der Waals surface area contributed by atoms with Crippen molar-refractivity contribution in [3.63, 3.8) is 0 Å². The van der Waals surface area contributed by atoms with E-state index in [9.17, 15) is 14.4 Å². The summed E-state index contributed by atoms with van der Waals surface area (Å²) in [4.78, 5) is 37.7. The van der Waals surface area contributed by atoms with Gasteiger partial charge in [0, 0.05) is 5.70 Å². The highest BCUT2D eigenvalue weighted by atomic mass is 16.5. The molecule has 0 saturated heterocycles. The molecule has 2 aromatic carbocycles. The fraction of sp³-hybridized carbons (Fsp3) is 0.190. The van der Waals surface area contributed by atoms with Crippen molar-refractivity contribution in [2.75, 3.05) is 7.11 Å². The Morgan fingerprint density at radius 1 is 1.11 bits per heavy atom. The van der Waals surface area contributed by atoms with Gasteiger partial charge in [-0.25, -0.2) is 14.4 Å². The first-order valence-corrected chi connectivity index (χ1v) is 8.66. The second kappa shape index (κ2) is 7.96. The molecule has 0 aromatic heterocycles. The number of carbonyl (C=O) groups is 3. The van der Waals surface area contributed by atoms with Crippen molar-refractivity contribution < 1.29 is 24.2 Å². The molecule has 1 aliphatic heterocycles. The highest BCUT2D eigenvalue weighted by molar-refractivity contribution is 5.95. The average Bonchev–Trinajstić information content (AvgIpc) is 2.71. The maximum absolute atomic E-state index is 12.8. The van der Waals surface area contributed by atoms with Crippen molar-refractivity contribution in [1.29, 1.82) is 0 Å². The Bertz CT molecular complexity index is 935. The molecule has 1 heterocycles. The molecule has 3 rings (SSSR count). The van der Waals surface area contributed by atoms with E-state index in [1.165, 1.54) is 24.1 Å². The summed E-state index contributed by atoms with van der Waals surface area (Å²) < 4.78 is 4.95. The van der Waals surface area contributed by atoms with Gasteiger partial charge < -0.3 is 15.2 Å². The largest absolute Gasteiger partial charge is 0.478 e. The van der Waals surface area contributed by atoms with Gasteiger partial charge in [-0.15, -0.1) is 0 Å².